The van der Waals surface area contributed by atoms with Gasteiger partial charge in [0.1, 0.15) is 0 Å². The zero-order valence-electron chi connectivity index (χ0n) is 12.5. The summed E-state index contributed by atoms with van der Waals surface area (Å²) in [7, 11) is 2.05. The van der Waals surface area contributed by atoms with E-state index in [-0.39, 0.29) is 29.6 Å². The highest BCUT2D eigenvalue weighted by Gasteiger charge is 2.40. The lowest BCUT2D eigenvalue weighted by Crippen LogP contribution is -2.37. The first-order valence-corrected chi connectivity index (χ1v) is 7.89. The summed E-state index contributed by atoms with van der Waals surface area (Å²) in [5, 5.41) is 0. The molecule has 0 amide bonds. The molecule has 1 atom stereocenters. The van der Waals surface area contributed by atoms with Crippen LogP contribution in [0.4, 0.5) is 0 Å². The van der Waals surface area contributed by atoms with E-state index < -0.39 is 0 Å². The summed E-state index contributed by atoms with van der Waals surface area (Å²) in [6.45, 7) is 0.741. The standard InChI is InChI=1S/C15H27N3O.HI/c1-18(12-5-6-12)14(16)17-11-13-7-10-15(19-13)8-3-2-4-9-15;/h12-13H,2-11H2,1H3,(H2,16,17);1H. The summed E-state index contributed by atoms with van der Waals surface area (Å²) < 4.78 is 6.31. The smallest absolute Gasteiger partial charge is 0.191 e. The van der Waals surface area contributed by atoms with Gasteiger partial charge < -0.3 is 15.4 Å². The van der Waals surface area contributed by atoms with Crippen LogP contribution in [0.25, 0.3) is 0 Å². The first-order chi connectivity index (χ1) is 9.19. The van der Waals surface area contributed by atoms with E-state index in [2.05, 4.69) is 16.9 Å². The predicted octanol–water partition coefficient (Wildman–Crippen LogP) is 2.90. The molecule has 0 bridgehead atoms. The summed E-state index contributed by atoms with van der Waals surface area (Å²) in [4.78, 5) is 6.66. The van der Waals surface area contributed by atoms with Crippen LogP contribution in [-0.2, 0) is 4.74 Å². The number of rotatable bonds is 3. The molecule has 0 aromatic carbocycles. The van der Waals surface area contributed by atoms with Gasteiger partial charge in [-0.1, -0.05) is 19.3 Å². The fourth-order valence-electron chi connectivity index (χ4n) is 3.54. The van der Waals surface area contributed by atoms with Crippen LogP contribution in [0.15, 0.2) is 4.99 Å². The van der Waals surface area contributed by atoms with Crippen LogP contribution in [-0.4, -0.2) is 42.2 Å². The molecule has 1 saturated heterocycles. The maximum atomic E-state index is 6.31. The topological polar surface area (TPSA) is 50.8 Å². The van der Waals surface area contributed by atoms with Crippen LogP contribution in [0.3, 0.4) is 0 Å². The van der Waals surface area contributed by atoms with Gasteiger partial charge in [-0.25, -0.2) is 0 Å². The van der Waals surface area contributed by atoms with E-state index in [4.69, 9.17) is 10.5 Å². The second kappa shape index (κ2) is 6.81. The lowest BCUT2D eigenvalue weighted by atomic mass is 9.83. The average Bonchev–Trinajstić information content (AvgIpc) is 3.21. The highest BCUT2D eigenvalue weighted by molar-refractivity contribution is 14.0. The summed E-state index contributed by atoms with van der Waals surface area (Å²) in [5.74, 6) is 0.690. The van der Waals surface area contributed by atoms with Crippen LogP contribution < -0.4 is 5.73 Å². The maximum absolute atomic E-state index is 6.31. The molecular formula is C15H28IN3O. The number of aliphatic imine (C=N–C) groups is 1. The first kappa shape index (κ1) is 16.3. The Labute approximate surface area is 139 Å². The molecule has 20 heavy (non-hydrogen) atoms. The van der Waals surface area contributed by atoms with Crippen LogP contribution in [0.5, 0.6) is 0 Å². The Bertz CT molecular complexity index is 351. The highest BCUT2D eigenvalue weighted by atomic mass is 127. The minimum atomic E-state index is 0. The monoisotopic (exact) mass is 393 g/mol. The summed E-state index contributed by atoms with van der Waals surface area (Å²) in [5.41, 5.74) is 6.23. The van der Waals surface area contributed by atoms with Crippen molar-refractivity contribution in [3.63, 3.8) is 0 Å². The minimum Gasteiger partial charge on any atom is -0.370 e. The lowest BCUT2D eigenvalue weighted by molar-refractivity contribution is -0.0599. The third-order valence-electron chi connectivity index (χ3n) is 5.02. The Kier molecular flexibility index (Phi) is 5.56. The molecular weight excluding hydrogens is 365 g/mol. The van der Waals surface area contributed by atoms with E-state index in [1.54, 1.807) is 0 Å². The molecule has 1 spiro atoms. The number of halogens is 1. The lowest BCUT2D eigenvalue weighted by Gasteiger charge is -2.33. The van der Waals surface area contributed by atoms with E-state index in [0.29, 0.717) is 18.1 Å². The molecule has 0 radical (unpaired) electrons. The van der Waals surface area contributed by atoms with Crippen molar-refractivity contribution in [3.05, 3.63) is 0 Å². The number of hydrogen-bond donors (Lipinski definition) is 1. The van der Waals surface area contributed by atoms with E-state index >= 15 is 0 Å². The van der Waals surface area contributed by atoms with E-state index in [9.17, 15) is 0 Å². The van der Waals surface area contributed by atoms with Gasteiger partial charge in [-0.05, 0) is 38.5 Å². The second-order valence-electron chi connectivity index (χ2n) is 6.56. The van der Waals surface area contributed by atoms with Crippen LogP contribution in [0, 0.1) is 0 Å². The molecule has 1 heterocycles. The van der Waals surface area contributed by atoms with Gasteiger partial charge in [-0.15, -0.1) is 24.0 Å². The van der Waals surface area contributed by atoms with Gasteiger partial charge in [-0.2, -0.15) is 0 Å². The Hall–Kier alpha value is -0.0400. The van der Waals surface area contributed by atoms with Crippen LogP contribution >= 0.6 is 24.0 Å². The molecule has 0 aromatic rings. The first-order valence-electron chi connectivity index (χ1n) is 7.89. The van der Waals surface area contributed by atoms with Crippen LogP contribution in [0.2, 0.25) is 0 Å². The molecule has 1 aliphatic heterocycles. The Morgan fingerprint density at radius 1 is 1.20 bits per heavy atom. The van der Waals surface area contributed by atoms with Crippen molar-refractivity contribution in [2.75, 3.05) is 13.6 Å². The molecule has 0 aromatic heterocycles. The second-order valence-corrected chi connectivity index (χ2v) is 6.56. The van der Waals surface area contributed by atoms with E-state index in [1.165, 1.54) is 51.4 Å². The van der Waals surface area contributed by atoms with Crippen molar-refractivity contribution in [1.29, 1.82) is 0 Å². The van der Waals surface area contributed by atoms with Gasteiger partial charge in [0.25, 0.3) is 0 Å². The molecule has 116 valence electrons. The molecule has 4 nitrogen and oxygen atoms in total. The van der Waals surface area contributed by atoms with Crippen molar-refractivity contribution in [2.45, 2.75) is 75.5 Å². The SMILES string of the molecule is CN(C(N)=NCC1CCC2(CCCCC2)O1)C1CC1.I. The van der Waals surface area contributed by atoms with Crippen molar-refractivity contribution in [1.82, 2.24) is 4.90 Å². The van der Waals surface area contributed by atoms with Crippen molar-refractivity contribution in [2.24, 2.45) is 10.7 Å². The minimum absolute atomic E-state index is 0. The molecule has 2 N–H and O–H groups in total. The van der Waals surface area contributed by atoms with Gasteiger partial charge in [0.05, 0.1) is 18.2 Å². The van der Waals surface area contributed by atoms with E-state index in [0.717, 1.165) is 13.0 Å². The van der Waals surface area contributed by atoms with Gasteiger partial charge >= 0.3 is 0 Å². The van der Waals surface area contributed by atoms with E-state index in [1.807, 2.05) is 0 Å². The van der Waals surface area contributed by atoms with Gasteiger partial charge in [0.2, 0.25) is 0 Å². The van der Waals surface area contributed by atoms with Gasteiger partial charge in [0.15, 0.2) is 5.96 Å². The van der Waals surface area contributed by atoms with Crippen molar-refractivity contribution < 1.29 is 4.74 Å². The van der Waals surface area contributed by atoms with Crippen LogP contribution in [0.1, 0.15) is 57.8 Å². The normalized spacial score (nSPS) is 29.2. The average molecular weight is 393 g/mol. The highest BCUT2D eigenvalue weighted by Crippen LogP contribution is 2.41. The largest absolute Gasteiger partial charge is 0.370 e. The molecule has 2 saturated carbocycles. The summed E-state index contributed by atoms with van der Waals surface area (Å²) >= 11 is 0. The Morgan fingerprint density at radius 3 is 2.55 bits per heavy atom. The fraction of sp³-hybridized carbons (Fsp3) is 0.933. The van der Waals surface area contributed by atoms with Crippen molar-refractivity contribution in [3.8, 4) is 0 Å². The molecule has 5 heteroatoms. The quantitative estimate of drug-likeness (QED) is 0.456. The van der Waals surface area contributed by atoms with Gasteiger partial charge in [-0.3, -0.25) is 4.99 Å². The zero-order chi connectivity index (χ0) is 13.3. The van der Waals surface area contributed by atoms with Gasteiger partial charge in [0, 0.05) is 13.1 Å². The molecule has 1 unspecified atom stereocenters. The Balaban J connectivity index is 0.00000147. The Morgan fingerprint density at radius 2 is 1.90 bits per heavy atom. The summed E-state index contributed by atoms with van der Waals surface area (Å²) in [6.07, 6.45) is 11.8. The molecule has 2 aliphatic carbocycles. The maximum Gasteiger partial charge on any atom is 0.191 e. The zero-order valence-corrected chi connectivity index (χ0v) is 14.8. The number of nitrogens with two attached hydrogens (primary N) is 1. The molecule has 3 aliphatic rings. The fourth-order valence-corrected chi connectivity index (χ4v) is 3.54. The number of nitrogens with zero attached hydrogens (tertiary/aromatic N) is 2. The molecule has 3 rings (SSSR count). The number of ether oxygens (including phenoxy) is 1. The summed E-state index contributed by atoms with van der Waals surface area (Å²) in [6, 6.07) is 0.637. The number of guanidine groups is 1. The third-order valence-corrected chi connectivity index (χ3v) is 5.02. The van der Waals surface area contributed by atoms with Crippen molar-refractivity contribution >= 4 is 29.9 Å². The molecule has 3 fully saturated rings. The third kappa shape index (κ3) is 3.78. The predicted molar refractivity (Wildman–Crippen MR) is 92.6 cm³/mol. The number of hydrogen-bond acceptors (Lipinski definition) is 2.